The summed E-state index contributed by atoms with van der Waals surface area (Å²) in [6, 6.07) is 7.13. The number of carbonyl (C=O) groups is 1. The standard InChI is InChI=1S/C30H32F3N3O4/c1-35(2)25-18-34-24-7-6-20(40-3)17-21(24)27(25)26(37)8-9-30(29(38)39)10-13-36(14-11-30)12-4-5-19-15-22(31)28(33)23(32)16-19/h6-7,15-18,26,37H,8-14H2,1-3H3,(H,38,39)/t26-/m0/s1. The molecule has 0 unspecified atom stereocenters. The number of aliphatic hydroxyl groups excluding tert-OH is 1. The summed E-state index contributed by atoms with van der Waals surface area (Å²) in [6.45, 7) is 1.19. The van der Waals surface area contributed by atoms with Gasteiger partial charge in [-0.25, -0.2) is 13.2 Å². The first kappa shape index (κ1) is 29.2. The van der Waals surface area contributed by atoms with Gasteiger partial charge in [-0.2, -0.15) is 0 Å². The number of aliphatic hydroxyl groups is 1. The van der Waals surface area contributed by atoms with Crippen LogP contribution in [-0.4, -0.2) is 66.9 Å². The van der Waals surface area contributed by atoms with Gasteiger partial charge in [-0.05, 0) is 56.0 Å². The fourth-order valence-corrected chi connectivity index (χ4v) is 5.16. The Bertz CT molecular complexity index is 1440. The molecule has 1 atom stereocenters. The average Bonchev–Trinajstić information content (AvgIpc) is 2.94. The van der Waals surface area contributed by atoms with E-state index in [0.717, 1.165) is 23.2 Å². The first-order valence-corrected chi connectivity index (χ1v) is 13.0. The maximum absolute atomic E-state index is 13.4. The molecule has 1 aliphatic heterocycles. The number of methoxy groups -OCH3 is 1. The van der Waals surface area contributed by atoms with Gasteiger partial charge in [0.1, 0.15) is 5.75 Å². The molecule has 10 heteroatoms. The summed E-state index contributed by atoms with van der Waals surface area (Å²) in [6.07, 6.45) is 2.02. The molecule has 0 bridgehead atoms. The van der Waals surface area contributed by atoms with Gasteiger partial charge in [0.2, 0.25) is 0 Å². The molecule has 212 valence electrons. The number of ether oxygens (including phenoxy) is 1. The Hall–Kier alpha value is -3.81. The molecule has 3 aromatic rings. The van der Waals surface area contributed by atoms with Crippen molar-refractivity contribution < 1.29 is 32.9 Å². The van der Waals surface area contributed by atoms with Gasteiger partial charge >= 0.3 is 5.97 Å². The third-order valence-corrected chi connectivity index (χ3v) is 7.59. The van der Waals surface area contributed by atoms with E-state index in [2.05, 4.69) is 16.8 Å². The number of benzene rings is 2. The molecule has 1 aliphatic rings. The number of fused-ring (bicyclic) bond motifs is 1. The van der Waals surface area contributed by atoms with Gasteiger partial charge in [0, 0.05) is 43.7 Å². The van der Waals surface area contributed by atoms with Crippen LogP contribution in [0.2, 0.25) is 0 Å². The van der Waals surface area contributed by atoms with Crippen LogP contribution in [0, 0.1) is 34.7 Å². The van der Waals surface area contributed by atoms with Crippen LogP contribution in [0.1, 0.15) is 42.9 Å². The van der Waals surface area contributed by atoms with E-state index in [-0.39, 0.29) is 24.9 Å². The third kappa shape index (κ3) is 6.16. The molecular weight excluding hydrogens is 523 g/mol. The van der Waals surface area contributed by atoms with Crippen molar-refractivity contribution >= 4 is 22.6 Å². The van der Waals surface area contributed by atoms with E-state index in [1.807, 2.05) is 36.0 Å². The molecule has 2 aromatic carbocycles. The van der Waals surface area contributed by atoms with Crippen LogP contribution in [0.25, 0.3) is 10.9 Å². The maximum atomic E-state index is 13.4. The van der Waals surface area contributed by atoms with E-state index in [9.17, 15) is 28.2 Å². The van der Waals surface area contributed by atoms with Gasteiger partial charge < -0.3 is 19.8 Å². The lowest BCUT2D eigenvalue weighted by Crippen LogP contribution is -2.44. The largest absolute Gasteiger partial charge is 0.497 e. The van der Waals surface area contributed by atoms with Crippen LogP contribution in [0.15, 0.2) is 36.5 Å². The van der Waals surface area contributed by atoms with Crippen molar-refractivity contribution in [3.8, 4) is 17.6 Å². The SMILES string of the molecule is COc1ccc2ncc(N(C)C)c([C@@H](O)CCC3(C(=O)O)CCN(CC#Cc4cc(F)c(F)c(F)c4)CC3)c2c1. The second-order valence-electron chi connectivity index (χ2n) is 10.3. The normalized spacial score (nSPS) is 15.8. The van der Waals surface area contributed by atoms with Crippen LogP contribution >= 0.6 is 0 Å². The van der Waals surface area contributed by atoms with Crippen LogP contribution in [0.5, 0.6) is 5.75 Å². The number of carboxylic acid groups (broad SMARTS) is 1. The number of rotatable bonds is 8. The van der Waals surface area contributed by atoms with Crippen molar-refractivity contribution in [3.63, 3.8) is 0 Å². The number of carboxylic acids is 1. The van der Waals surface area contributed by atoms with Crippen molar-refractivity contribution in [1.29, 1.82) is 0 Å². The highest BCUT2D eigenvalue weighted by Gasteiger charge is 2.41. The molecule has 0 amide bonds. The highest BCUT2D eigenvalue weighted by atomic mass is 19.2. The van der Waals surface area contributed by atoms with Crippen molar-refractivity contribution in [2.24, 2.45) is 5.41 Å². The number of aliphatic carboxylic acids is 1. The minimum atomic E-state index is -1.54. The number of pyridine rings is 1. The number of anilines is 1. The lowest BCUT2D eigenvalue weighted by molar-refractivity contribution is -0.153. The van der Waals surface area contributed by atoms with E-state index in [1.54, 1.807) is 19.4 Å². The lowest BCUT2D eigenvalue weighted by Gasteiger charge is -2.38. The molecule has 1 saturated heterocycles. The van der Waals surface area contributed by atoms with Gasteiger partial charge in [-0.1, -0.05) is 11.8 Å². The number of hydrogen-bond acceptors (Lipinski definition) is 6. The molecule has 0 spiro atoms. The summed E-state index contributed by atoms with van der Waals surface area (Å²) >= 11 is 0. The predicted molar refractivity (Wildman–Crippen MR) is 146 cm³/mol. The summed E-state index contributed by atoms with van der Waals surface area (Å²) in [5.41, 5.74) is 1.14. The highest BCUT2D eigenvalue weighted by Crippen LogP contribution is 2.41. The van der Waals surface area contributed by atoms with Gasteiger partial charge in [0.15, 0.2) is 17.5 Å². The zero-order valence-electron chi connectivity index (χ0n) is 22.7. The molecule has 7 nitrogen and oxygen atoms in total. The van der Waals surface area contributed by atoms with E-state index in [4.69, 9.17) is 4.74 Å². The second-order valence-corrected chi connectivity index (χ2v) is 10.3. The van der Waals surface area contributed by atoms with Crippen LogP contribution in [-0.2, 0) is 4.79 Å². The van der Waals surface area contributed by atoms with Crippen molar-refractivity contribution in [2.75, 3.05) is 45.7 Å². The molecule has 40 heavy (non-hydrogen) atoms. The molecule has 0 aliphatic carbocycles. The Kier molecular flexibility index (Phi) is 8.86. The Morgan fingerprint density at radius 1 is 1.18 bits per heavy atom. The molecule has 4 rings (SSSR count). The molecule has 1 fully saturated rings. The Morgan fingerprint density at radius 2 is 1.85 bits per heavy atom. The van der Waals surface area contributed by atoms with Crippen molar-refractivity contribution in [2.45, 2.75) is 31.8 Å². The smallest absolute Gasteiger partial charge is 0.309 e. The van der Waals surface area contributed by atoms with E-state index >= 15 is 0 Å². The number of nitrogens with zero attached hydrogens (tertiary/aromatic N) is 3. The summed E-state index contributed by atoms with van der Waals surface area (Å²) in [4.78, 5) is 20.8. The number of hydrogen-bond donors (Lipinski definition) is 2. The number of aromatic nitrogens is 1. The summed E-state index contributed by atoms with van der Waals surface area (Å²) in [5, 5.41) is 22.3. The van der Waals surface area contributed by atoms with Gasteiger partial charge in [-0.15, -0.1) is 0 Å². The molecule has 1 aromatic heterocycles. The zero-order chi connectivity index (χ0) is 29.0. The number of piperidine rings is 1. The maximum Gasteiger partial charge on any atom is 0.309 e. The fourth-order valence-electron chi connectivity index (χ4n) is 5.16. The second kappa shape index (κ2) is 12.1. The van der Waals surface area contributed by atoms with E-state index in [1.165, 1.54) is 0 Å². The minimum Gasteiger partial charge on any atom is -0.497 e. The molecule has 0 radical (unpaired) electrons. The molecule has 0 saturated carbocycles. The van der Waals surface area contributed by atoms with Crippen molar-refractivity contribution in [3.05, 3.63) is 65.1 Å². The number of halogens is 3. The Balaban J connectivity index is 1.45. The van der Waals surface area contributed by atoms with Crippen LogP contribution in [0.3, 0.4) is 0 Å². The van der Waals surface area contributed by atoms with Gasteiger partial charge in [-0.3, -0.25) is 14.7 Å². The number of likely N-dealkylation sites (tertiary alicyclic amines) is 1. The first-order chi connectivity index (χ1) is 19.0. The summed E-state index contributed by atoms with van der Waals surface area (Å²) < 4.78 is 45.4. The predicted octanol–water partition coefficient (Wildman–Crippen LogP) is 4.76. The average molecular weight is 556 g/mol. The van der Waals surface area contributed by atoms with Gasteiger partial charge in [0.05, 0.1) is 42.6 Å². The molecular formula is C30H32F3N3O4. The Morgan fingerprint density at radius 3 is 2.45 bits per heavy atom. The van der Waals surface area contributed by atoms with E-state index < -0.39 is 34.9 Å². The fraction of sp³-hybridized carbons (Fsp3) is 0.400. The first-order valence-electron chi connectivity index (χ1n) is 13.0. The monoisotopic (exact) mass is 555 g/mol. The summed E-state index contributed by atoms with van der Waals surface area (Å²) in [7, 11) is 5.29. The molecule has 2 N–H and O–H groups in total. The minimum absolute atomic E-state index is 0.0284. The van der Waals surface area contributed by atoms with Crippen LogP contribution < -0.4 is 9.64 Å². The Labute approximate surface area is 231 Å². The van der Waals surface area contributed by atoms with Gasteiger partial charge in [0.25, 0.3) is 0 Å². The van der Waals surface area contributed by atoms with E-state index in [0.29, 0.717) is 42.8 Å². The highest BCUT2D eigenvalue weighted by molar-refractivity contribution is 5.88. The lowest BCUT2D eigenvalue weighted by atomic mass is 9.74. The quantitative estimate of drug-likeness (QED) is 0.306. The topological polar surface area (TPSA) is 86.1 Å². The molecule has 2 heterocycles. The summed E-state index contributed by atoms with van der Waals surface area (Å²) in [5.74, 6) is 1.05. The zero-order valence-corrected chi connectivity index (χ0v) is 22.7. The van der Waals surface area contributed by atoms with Crippen LogP contribution in [0.4, 0.5) is 18.9 Å². The third-order valence-electron chi connectivity index (χ3n) is 7.59. The van der Waals surface area contributed by atoms with Crippen molar-refractivity contribution in [1.82, 2.24) is 9.88 Å².